The normalized spacial score (nSPS) is 10.9. The average molecular weight is 347 g/mol. The molecule has 8 heteroatoms. The van der Waals surface area contributed by atoms with Crippen LogP contribution in [0.25, 0.3) is 11.0 Å². The Bertz CT molecular complexity index is 933. The Morgan fingerprint density at radius 2 is 2.17 bits per heavy atom. The number of amides is 1. The first-order valence-electron chi connectivity index (χ1n) is 6.89. The van der Waals surface area contributed by atoms with E-state index in [0.29, 0.717) is 16.1 Å². The molecule has 23 heavy (non-hydrogen) atoms. The predicted molar refractivity (Wildman–Crippen MR) is 91.5 cm³/mol. The van der Waals surface area contributed by atoms with E-state index in [9.17, 15) is 9.59 Å². The monoisotopic (exact) mass is 347 g/mol. The number of thioether (sulfide) groups is 1. The molecule has 0 saturated carbocycles. The molecule has 6 nitrogen and oxygen atoms in total. The summed E-state index contributed by atoms with van der Waals surface area (Å²) < 4.78 is 6.30. The molecule has 0 aliphatic carbocycles. The third-order valence-electron chi connectivity index (χ3n) is 3.00. The Morgan fingerprint density at radius 1 is 1.35 bits per heavy atom. The van der Waals surface area contributed by atoms with Crippen molar-refractivity contribution in [2.45, 2.75) is 18.2 Å². The molecular weight excluding hydrogens is 334 g/mol. The number of nitrogens with zero attached hydrogens (tertiary/aromatic N) is 2. The van der Waals surface area contributed by atoms with Crippen LogP contribution in [0.1, 0.15) is 23.0 Å². The second kappa shape index (κ2) is 6.51. The highest BCUT2D eigenvalue weighted by Gasteiger charge is 2.15. The second-order valence-corrected chi connectivity index (χ2v) is 7.22. The van der Waals surface area contributed by atoms with Crippen LogP contribution < -0.4 is 10.7 Å². The number of nitrogens with one attached hydrogen (secondary N) is 1. The summed E-state index contributed by atoms with van der Waals surface area (Å²) in [7, 11) is 0. The maximum atomic E-state index is 12.2. The van der Waals surface area contributed by atoms with Gasteiger partial charge in [-0.1, -0.05) is 41.7 Å². The number of hydrogen-bond donors (Lipinski definition) is 1. The molecule has 1 amide bonds. The second-order valence-electron chi connectivity index (χ2n) is 4.73. The van der Waals surface area contributed by atoms with Crippen molar-refractivity contribution in [2.24, 2.45) is 0 Å². The van der Waals surface area contributed by atoms with Gasteiger partial charge >= 0.3 is 0 Å². The number of aromatic nitrogens is 2. The van der Waals surface area contributed by atoms with Crippen molar-refractivity contribution in [3.05, 3.63) is 45.8 Å². The molecule has 1 N–H and O–H groups in total. The molecule has 0 aliphatic rings. The van der Waals surface area contributed by atoms with E-state index < -0.39 is 5.91 Å². The molecule has 0 spiro atoms. The van der Waals surface area contributed by atoms with Gasteiger partial charge in [-0.25, -0.2) is 0 Å². The Morgan fingerprint density at radius 3 is 2.96 bits per heavy atom. The minimum Gasteiger partial charge on any atom is -0.451 e. The number of hydrogen-bond acceptors (Lipinski definition) is 7. The molecule has 0 aliphatic heterocycles. The van der Waals surface area contributed by atoms with Gasteiger partial charge in [-0.2, -0.15) is 0 Å². The van der Waals surface area contributed by atoms with Crippen molar-refractivity contribution in [3.63, 3.8) is 0 Å². The summed E-state index contributed by atoms with van der Waals surface area (Å²) in [6.45, 7) is 3.90. The minimum absolute atomic E-state index is 0.0498. The van der Waals surface area contributed by atoms with Gasteiger partial charge < -0.3 is 4.42 Å². The summed E-state index contributed by atoms with van der Waals surface area (Å²) in [6.07, 6.45) is 0. The van der Waals surface area contributed by atoms with Gasteiger partial charge in [0.15, 0.2) is 15.5 Å². The van der Waals surface area contributed by atoms with Crippen LogP contribution in [0.5, 0.6) is 0 Å². The number of benzene rings is 1. The minimum atomic E-state index is -0.520. The van der Waals surface area contributed by atoms with Crippen molar-refractivity contribution in [3.8, 4) is 0 Å². The van der Waals surface area contributed by atoms with Crippen molar-refractivity contribution in [1.29, 1.82) is 0 Å². The molecule has 2 heterocycles. The first-order valence-corrected chi connectivity index (χ1v) is 8.69. The Kier molecular flexibility index (Phi) is 4.44. The van der Waals surface area contributed by atoms with Crippen LogP contribution in [0.4, 0.5) is 5.13 Å². The molecule has 0 saturated heterocycles. The summed E-state index contributed by atoms with van der Waals surface area (Å²) in [6, 6.07) is 6.44. The Labute approximate surface area is 139 Å². The van der Waals surface area contributed by atoms with Gasteiger partial charge in [0.1, 0.15) is 5.58 Å². The zero-order valence-electron chi connectivity index (χ0n) is 12.5. The van der Waals surface area contributed by atoms with Crippen LogP contribution in [0.2, 0.25) is 0 Å². The highest BCUT2D eigenvalue weighted by molar-refractivity contribution is 8.01. The summed E-state index contributed by atoms with van der Waals surface area (Å²) in [5.41, 5.74) is 1.09. The lowest BCUT2D eigenvalue weighted by Crippen LogP contribution is -2.14. The van der Waals surface area contributed by atoms with E-state index in [0.717, 1.165) is 15.7 Å². The van der Waals surface area contributed by atoms with E-state index in [4.69, 9.17) is 4.42 Å². The summed E-state index contributed by atoms with van der Waals surface area (Å²) in [5, 5.41) is 11.3. The van der Waals surface area contributed by atoms with E-state index in [2.05, 4.69) is 15.5 Å². The van der Waals surface area contributed by atoms with Crippen molar-refractivity contribution in [2.75, 3.05) is 11.1 Å². The van der Waals surface area contributed by atoms with Crippen molar-refractivity contribution in [1.82, 2.24) is 10.2 Å². The number of rotatable bonds is 4. The molecule has 1 aromatic carbocycles. The van der Waals surface area contributed by atoms with Crippen LogP contribution in [-0.4, -0.2) is 21.9 Å². The number of carbonyl (C=O) groups is 1. The topological polar surface area (TPSA) is 85.1 Å². The SMILES string of the molecule is CCSc1nnc(NC(=O)c2cc(=O)c3cc(C)ccc3o2)s1. The predicted octanol–water partition coefficient (Wildman–Crippen LogP) is 3.32. The fourth-order valence-corrected chi connectivity index (χ4v) is 3.63. The van der Waals surface area contributed by atoms with Crippen LogP contribution >= 0.6 is 23.1 Å². The van der Waals surface area contributed by atoms with Gasteiger partial charge in [-0.15, -0.1) is 10.2 Å². The molecule has 2 aromatic heterocycles. The van der Waals surface area contributed by atoms with E-state index in [1.807, 2.05) is 19.9 Å². The lowest BCUT2D eigenvalue weighted by Gasteiger charge is -2.03. The maximum Gasteiger partial charge on any atom is 0.293 e. The standard InChI is InChI=1S/C15H13N3O3S2/c1-3-22-15-18-17-14(23-15)16-13(20)12-7-10(19)9-6-8(2)4-5-11(9)21-12/h4-7H,3H2,1-2H3,(H,16,17,20). The van der Waals surface area contributed by atoms with E-state index in [1.54, 1.807) is 23.9 Å². The lowest BCUT2D eigenvalue weighted by atomic mass is 10.1. The molecule has 0 radical (unpaired) electrons. The van der Waals surface area contributed by atoms with Crippen LogP contribution in [0.15, 0.2) is 37.8 Å². The van der Waals surface area contributed by atoms with Crippen LogP contribution in [0, 0.1) is 6.92 Å². The number of fused-ring (bicyclic) bond motifs is 1. The largest absolute Gasteiger partial charge is 0.451 e. The summed E-state index contributed by atoms with van der Waals surface area (Å²) in [4.78, 5) is 24.4. The average Bonchev–Trinajstić information content (AvgIpc) is 2.95. The summed E-state index contributed by atoms with van der Waals surface area (Å²) >= 11 is 2.82. The zero-order valence-corrected chi connectivity index (χ0v) is 14.1. The molecule has 118 valence electrons. The molecule has 0 unspecified atom stereocenters. The Balaban J connectivity index is 1.88. The Hall–Kier alpha value is -2.19. The highest BCUT2D eigenvalue weighted by Crippen LogP contribution is 2.25. The fraction of sp³-hybridized carbons (Fsp3) is 0.200. The molecule has 3 aromatic rings. The molecule has 3 rings (SSSR count). The third kappa shape index (κ3) is 3.43. The number of carbonyl (C=O) groups excluding carboxylic acids is 1. The first-order chi connectivity index (χ1) is 11.1. The summed E-state index contributed by atoms with van der Waals surface area (Å²) in [5.74, 6) is 0.307. The van der Waals surface area contributed by atoms with Gasteiger partial charge in [0, 0.05) is 6.07 Å². The molecular formula is C15H13N3O3S2. The van der Waals surface area contributed by atoms with Crippen molar-refractivity contribution >= 4 is 45.1 Å². The van der Waals surface area contributed by atoms with Gasteiger partial charge in [-0.05, 0) is 24.8 Å². The first kappa shape index (κ1) is 15.7. The quantitative estimate of drug-likeness (QED) is 0.576. The zero-order chi connectivity index (χ0) is 16.4. The van der Waals surface area contributed by atoms with Crippen LogP contribution in [0.3, 0.4) is 0 Å². The number of aryl methyl sites for hydroxylation is 1. The maximum absolute atomic E-state index is 12.2. The van der Waals surface area contributed by atoms with Gasteiger partial charge in [0.05, 0.1) is 5.39 Å². The van der Waals surface area contributed by atoms with Gasteiger partial charge in [0.2, 0.25) is 5.13 Å². The van der Waals surface area contributed by atoms with Gasteiger partial charge in [0.25, 0.3) is 5.91 Å². The van der Waals surface area contributed by atoms with Crippen molar-refractivity contribution < 1.29 is 9.21 Å². The lowest BCUT2D eigenvalue weighted by molar-refractivity contribution is 0.0997. The molecule has 0 atom stereocenters. The fourth-order valence-electron chi connectivity index (χ4n) is 1.98. The molecule has 0 bridgehead atoms. The molecule has 0 fully saturated rings. The van der Waals surface area contributed by atoms with E-state index in [1.165, 1.54) is 17.4 Å². The number of anilines is 1. The van der Waals surface area contributed by atoms with Gasteiger partial charge in [-0.3, -0.25) is 14.9 Å². The third-order valence-corrected chi connectivity index (χ3v) is 4.86. The highest BCUT2D eigenvalue weighted by atomic mass is 32.2. The smallest absolute Gasteiger partial charge is 0.293 e. The van der Waals surface area contributed by atoms with E-state index in [-0.39, 0.29) is 11.2 Å². The van der Waals surface area contributed by atoms with E-state index >= 15 is 0 Å². The van der Waals surface area contributed by atoms with Crippen LogP contribution in [-0.2, 0) is 0 Å².